The van der Waals surface area contributed by atoms with E-state index in [4.69, 9.17) is 47.5 Å². The van der Waals surface area contributed by atoms with Gasteiger partial charge in [-0.2, -0.15) is 0 Å². The van der Waals surface area contributed by atoms with Crippen molar-refractivity contribution in [2.45, 2.75) is 89.6 Å². The van der Waals surface area contributed by atoms with Crippen molar-refractivity contribution < 1.29 is 51.6 Å². The van der Waals surface area contributed by atoms with Gasteiger partial charge in [-0.1, -0.05) is 18.0 Å². The number of rotatable bonds is 39. The highest BCUT2D eigenvalue weighted by molar-refractivity contribution is 6.84. The summed E-state index contributed by atoms with van der Waals surface area (Å²) in [4.78, 5) is 27.1. The average Bonchev–Trinajstić information content (AvgIpc) is 3.05. The number of unbranched alkanes of at least 4 members (excludes halogenated alkanes) is 2. The average molecular weight is 738 g/mol. The molecule has 49 heavy (non-hydrogen) atoms. The summed E-state index contributed by atoms with van der Waals surface area (Å²) in [5, 5.41) is 3.38. The van der Waals surface area contributed by atoms with Crippen LogP contribution >= 0.6 is 0 Å². The highest BCUT2D eigenvalue weighted by atomic mass is 28.4. The van der Waals surface area contributed by atoms with Gasteiger partial charge in [-0.25, -0.2) is 0 Å². The van der Waals surface area contributed by atoms with Crippen LogP contribution in [0.2, 0.25) is 38.3 Å². The first-order valence-electron chi connectivity index (χ1n) is 17.9. The van der Waals surface area contributed by atoms with Crippen LogP contribution in [0.3, 0.4) is 0 Å². The first-order chi connectivity index (χ1) is 23.6. The number of carbonyl (C=O) groups excluding carboxylic acids is 2. The number of methoxy groups -OCH3 is 1. The number of ether oxygens (including phenoxy) is 8. The van der Waals surface area contributed by atoms with Crippen LogP contribution in [-0.2, 0) is 51.6 Å². The van der Waals surface area contributed by atoms with Crippen LogP contribution in [0.4, 0.5) is 0 Å². The van der Waals surface area contributed by atoms with E-state index in [9.17, 15) is 9.59 Å². The van der Waals surface area contributed by atoms with Gasteiger partial charge in [-0.05, 0) is 56.6 Å². The summed E-state index contributed by atoms with van der Waals surface area (Å²) in [5.41, 5.74) is 8.16. The number of Topliss-reactive ketones (excluding diaryl/α,β-unsaturated/α-hetero) is 2. The minimum atomic E-state index is -1.82. The molecule has 0 aliphatic heterocycles. The lowest BCUT2D eigenvalue weighted by Gasteiger charge is -2.34. The number of ketones is 2. The topological polar surface area (TPSA) is 166 Å². The standard InChI is InChI=1S/C33H67N3O11Si2/c1-39-18-19-43-23-20-40-15-12-32(37)10-6-8-30-48(2,3)47-49(4,5)31-9-7-11-33(38)13-16-41-21-24-44-26-28-46-29-27-45-25-22-42-17-14-35-36-34/h6-31H2,1-5H3. The molecule has 0 aromatic heterocycles. The van der Waals surface area contributed by atoms with E-state index in [0.717, 1.165) is 37.8 Å². The van der Waals surface area contributed by atoms with E-state index in [-0.39, 0.29) is 11.6 Å². The minimum Gasteiger partial charge on any atom is -0.455 e. The third kappa shape index (κ3) is 36.3. The van der Waals surface area contributed by atoms with E-state index in [1.54, 1.807) is 7.11 Å². The van der Waals surface area contributed by atoms with Gasteiger partial charge in [0.05, 0.1) is 99.1 Å². The van der Waals surface area contributed by atoms with Gasteiger partial charge in [0.15, 0.2) is 16.6 Å². The van der Waals surface area contributed by atoms with Gasteiger partial charge >= 0.3 is 0 Å². The van der Waals surface area contributed by atoms with E-state index < -0.39 is 16.6 Å². The zero-order chi connectivity index (χ0) is 36.3. The van der Waals surface area contributed by atoms with Gasteiger partial charge in [-0.3, -0.25) is 9.59 Å². The molecule has 14 nitrogen and oxygen atoms in total. The second-order valence-corrected chi connectivity index (χ2v) is 21.7. The van der Waals surface area contributed by atoms with Crippen molar-refractivity contribution in [3.63, 3.8) is 0 Å². The molecule has 0 amide bonds. The van der Waals surface area contributed by atoms with Crippen LogP contribution < -0.4 is 0 Å². The quantitative estimate of drug-likeness (QED) is 0.0248. The zero-order valence-corrected chi connectivity index (χ0v) is 33.2. The summed E-state index contributed by atoms with van der Waals surface area (Å²) in [7, 11) is -1.99. The first kappa shape index (κ1) is 47.7. The Kier molecular flexibility index (Phi) is 33.0. The Hall–Kier alpha value is -1.28. The fourth-order valence-electron chi connectivity index (χ4n) is 4.81. The molecule has 0 heterocycles. The maximum atomic E-state index is 12.3. The lowest BCUT2D eigenvalue weighted by atomic mass is 10.1. The fraction of sp³-hybridized carbons (Fsp3) is 0.939. The molecule has 0 aromatic carbocycles. The zero-order valence-electron chi connectivity index (χ0n) is 31.2. The van der Waals surface area contributed by atoms with Gasteiger partial charge in [-0.15, -0.1) is 0 Å². The van der Waals surface area contributed by atoms with Crippen molar-refractivity contribution in [3.05, 3.63) is 10.4 Å². The second-order valence-electron chi connectivity index (χ2n) is 12.8. The van der Waals surface area contributed by atoms with Crippen LogP contribution in [0.5, 0.6) is 0 Å². The molecule has 288 valence electrons. The third-order valence-electron chi connectivity index (χ3n) is 7.26. The van der Waals surface area contributed by atoms with Crippen LogP contribution in [0.1, 0.15) is 51.4 Å². The molecule has 0 aromatic rings. The molecule has 0 N–H and O–H groups in total. The minimum absolute atomic E-state index is 0.236. The number of nitrogens with zero attached hydrogens (tertiary/aromatic N) is 3. The number of carbonyl (C=O) groups is 2. The normalized spacial score (nSPS) is 11.9. The number of hydrogen-bond donors (Lipinski definition) is 0. The Morgan fingerprint density at radius 3 is 1.22 bits per heavy atom. The van der Waals surface area contributed by atoms with E-state index in [1.165, 1.54) is 0 Å². The Morgan fingerprint density at radius 2 is 0.857 bits per heavy atom. The van der Waals surface area contributed by atoms with Crippen molar-refractivity contribution in [3.8, 4) is 0 Å². The van der Waals surface area contributed by atoms with Crippen LogP contribution in [0.25, 0.3) is 10.4 Å². The Morgan fingerprint density at radius 1 is 0.510 bits per heavy atom. The molecule has 0 aliphatic carbocycles. The Labute approximate surface area is 297 Å². The van der Waals surface area contributed by atoms with Gasteiger partial charge in [0.1, 0.15) is 11.6 Å². The van der Waals surface area contributed by atoms with Crippen LogP contribution in [-0.4, -0.2) is 141 Å². The Balaban J connectivity index is 3.66. The predicted molar refractivity (Wildman–Crippen MR) is 194 cm³/mol. The third-order valence-corrected chi connectivity index (χ3v) is 14.8. The monoisotopic (exact) mass is 737 g/mol. The fourth-order valence-corrected chi connectivity index (χ4v) is 13.8. The molecule has 0 saturated heterocycles. The second kappa shape index (κ2) is 33.8. The lowest BCUT2D eigenvalue weighted by Crippen LogP contribution is -2.44. The summed E-state index contributed by atoms with van der Waals surface area (Å²) in [6, 6.07) is 2.10. The Bertz CT molecular complexity index is 851. The van der Waals surface area contributed by atoms with E-state index in [0.29, 0.717) is 131 Å². The largest absolute Gasteiger partial charge is 0.455 e. The predicted octanol–water partition coefficient (Wildman–Crippen LogP) is 5.75. The first-order valence-corrected chi connectivity index (χ1v) is 24.1. The summed E-state index contributed by atoms with van der Waals surface area (Å²) in [6.07, 6.45) is 5.86. The van der Waals surface area contributed by atoms with E-state index >= 15 is 0 Å². The summed E-state index contributed by atoms with van der Waals surface area (Å²) in [6.45, 7) is 16.6. The molecule has 0 fully saturated rings. The lowest BCUT2D eigenvalue weighted by molar-refractivity contribution is -0.121. The SMILES string of the molecule is COCCOCCOCCC(=O)CCCC[Si](C)(C)O[Si](C)(C)CCCCC(=O)CCOCCOCCOCCOCCOCCN=[N+]=[N-]. The molecule has 16 heteroatoms. The molecule has 0 radical (unpaired) electrons. The van der Waals surface area contributed by atoms with E-state index in [2.05, 4.69) is 36.2 Å². The van der Waals surface area contributed by atoms with Gasteiger partial charge in [0.25, 0.3) is 0 Å². The van der Waals surface area contributed by atoms with Crippen molar-refractivity contribution >= 4 is 28.2 Å². The van der Waals surface area contributed by atoms with Crippen molar-refractivity contribution in [2.24, 2.45) is 5.11 Å². The van der Waals surface area contributed by atoms with Crippen LogP contribution in [0, 0.1) is 0 Å². The summed E-state index contributed by atoms with van der Waals surface area (Å²) >= 11 is 0. The molecular formula is C33H67N3O11Si2. The van der Waals surface area contributed by atoms with Crippen LogP contribution in [0.15, 0.2) is 5.11 Å². The van der Waals surface area contributed by atoms with Gasteiger partial charge in [0, 0.05) is 44.2 Å². The van der Waals surface area contributed by atoms with Crippen molar-refractivity contribution in [1.82, 2.24) is 0 Å². The van der Waals surface area contributed by atoms with Crippen molar-refractivity contribution in [2.75, 3.05) is 113 Å². The number of hydrogen-bond acceptors (Lipinski definition) is 12. The number of azide groups is 1. The molecular weight excluding hydrogens is 671 g/mol. The smallest absolute Gasteiger partial charge is 0.173 e. The highest BCUT2D eigenvalue weighted by Gasteiger charge is 2.32. The van der Waals surface area contributed by atoms with Gasteiger partial charge in [0.2, 0.25) is 0 Å². The van der Waals surface area contributed by atoms with E-state index in [1.807, 2.05) is 0 Å². The van der Waals surface area contributed by atoms with Gasteiger partial charge < -0.3 is 42.0 Å². The molecule has 0 spiro atoms. The van der Waals surface area contributed by atoms with Crippen molar-refractivity contribution in [1.29, 1.82) is 0 Å². The molecule has 0 unspecified atom stereocenters. The maximum Gasteiger partial charge on any atom is 0.173 e. The molecule has 0 atom stereocenters. The highest BCUT2D eigenvalue weighted by Crippen LogP contribution is 2.25. The molecule has 0 saturated carbocycles. The molecule has 0 aliphatic rings. The maximum absolute atomic E-state index is 12.3. The molecule has 0 bridgehead atoms. The summed E-state index contributed by atoms with van der Waals surface area (Å²) < 4.78 is 49.6. The summed E-state index contributed by atoms with van der Waals surface area (Å²) in [5.74, 6) is 0.488. The molecule has 0 rings (SSSR count).